The van der Waals surface area contributed by atoms with Crippen molar-refractivity contribution in [2.45, 2.75) is 44.9 Å². The van der Waals surface area contributed by atoms with Crippen molar-refractivity contribution in [3.05, 3.63) is 71.8 Å². The third-order valence-corrected chi connectivity index (χ3v) is 6.50. The Kier molecular flexibility index (Phi) is 6.53. The van der Waals surface area contributed by atoms with E-state index in [0.29, 0.717) is 23.5 Å². The van der Waals surface area contributed by atoms with E-state index in [0.717, 1.165) is 69.6 Å². The summed E-state index contributed by atoms with van der Waals surface area (Å²) in [7, 11) is 0. The van der Waals surface area contributed by atoms with Gasteiger partial charge in [-0.05, 0) is 43.4 Å². The van der Waals surface area contributed by atoms with E-state index in [1.165, 1.54) is 12.1 Å². The first-order valence-electron chi connectivity index (χ1n) is 11.5. The molecule has 33 heavy (non-hydrogen) atoms. The first kappa shape index (κ1) is 21.8. The molecule has 8 heteroatoms. The third-order valence-electron chi connectivity index (χ3n) is 6.50. The van der Waals surface area contributed by atoms with Gasteiger partial charge in [-0.25, -0.2) is 13.8 Å². The number of hydrogen-bond donors (Lipinski definition) is 0. The molecule has 0 aliphatic carbocycles. The number of ether oxygens (including phenoxy) is 2. The van der Waals surface area contributed by atoms with Crippen LogP contribution in [0.25, 0.3) is 0 Å². The Labute approximate surface area is 192 Å². The maximum atomic E-state index is 13.8. The molecule has 174 valence electrons. The average Bonchev–Trinajstić information content (AvgIpc) is 3.23. The van der Waals surface area contributed by atoms with Crippen LogP contribution < -0.4 is 9.64 Å². The van der Waals surface area contributed by atoms with Crippen molar-refractivity contribution in [3.63, 3.8) is 0 Å². The zero-order chi connectivity index (χ0) is 22.6. The molecule has 2 aliphatic heterocycles. The molecule has 4 heterocycles. The van der Waals surface area contributed by atoms with Gasteiger partial charge >= 0.3 is 0 Å². The summed E-state index contributed by atoms with van der Waals surface area (Å²) in [4.78, 5) is 11.4. The van der Waals surface area contributed by atoms with Crippen LogP contribution in [0.15, 0.2) is 48.8 Å². The highest BCUT2D eigenvalue weighted by molar-refractivity contribution is 5.41. The minimum absolute atomic E-state index is 0.00316. The summed E-state index contributed by atoms with van der Waals surface area (Å²) < 4.78 is 40.4. The molecular formula is C25H28F2N4O2. The van der Waals surface area contributed by atoms with E-state index in [9.17, 15) is 8.78 Å². The molecule has 0 unspecified atom stereocenters. The summed E-state index contributed by atoms with van der Waals surface area (Å²) in [5, 5.41) is 0. The van der Waals surface area contributed by atoms with E-state index in [4.69, 9.17) is 9.47 Å². The van der Waals surface area contributed by atoms with E-state index in [2.05, 4.69) is 25.6 Å². The van der Waals surface area contributed by atoms with Crippen LogP contribution >= 0.6 is 0 Å². The van der Waals surface area contributed by atoms with Gasteiger partial charge in [0, 0.05) is 56.2 Å². The van der Waals surface area contributed by atoms with Crippen molar-refractivity contribution >= 4 is 5.82 Å². The number of pyridine rings is 1. The topological polar surface area (TPSA) is 52.4 Å². The summed E-state index contributed by atoms with van der Waals surface area (Å²) in [5.74, 6) is 1.80. The van der Waals surface area contributed by atoms with Crippen LogP contribution in [0.2, 0.25) is 0 Å². The van der Waals surface area contributed by atoms with Crippen molar-refractivity contribution < 1.29 is 18.3 Å². The van der Waals surface area contributed by atoms with Crippen LogP contribution in [0.4, 0.5) is 14.6 Å². The Morgan fingerprint density at radius 1 is 1.09 bits per heavy atom. The predicted molar refractivity (Wildman–Crippen MR) is 120 cm³/mol. The number of rotatable bonds is 8. The molecule has 1 atom stereocenters. The molecule has 2 saturated heterocycles. The second-order valence-corrected chi connectivity index (χ2v) is 8.77. The van der Waals surface area contributed by atoms with E-state index >= 15 is 0 Å². The molecule has 0 radical (unpaired) electrons. The zero-order valence-corrected chi connectivity index (χ0v) is 18.5. The monoisotopic (exact) mass is 454 g/mol. The molecular weight excluding hydrogens is 426 g/mol. The highest BCUT2D eigenvalue weighted by Crippen LogP contribution is 2.26. The number of nitrogens with zero attached hydrogens (tertiary/aromatic N) is 4. The standard InChI is InChI=1S/C25H28F2N4O2/c26-20-5-4-19(22(27)15-20)17-33-25-3-1-2-23(29-25)30-10-6-18(7-11-30)14-24-28-9-12-31(24)16-21-8-13-32-21/h1-5,9,12,15,18,21H,6-8,10-11,13-14,16-17H2/t21-/m0/s1. The van der Waals surface area contributed by atoms with Gasteiger partial charge in [0.25, 0.3) is 0 Å². The van der Waals surface area contributed by atoms with Gasteiger partial charge in [0.1, 0.15) is 29.9 Å². The smallest absolute Gasteiger partial charge is 0.215 e. The lowest BCUT2D eigenvalue weighted by Gasteiger charge is -2.33. The molecule has 0 bridgehead atoms. The molecule has 6 nitrogen and oxygen atoms in total. The SMILES string of the molecule is Fc1ccc(COc2cccc(N3CCC(Cc4nccn4C[C@@H]4CCO4)CC3)n2)c(F)c1. The maximum Gasteiger partial charge on any atom is 0.215 e. The minimum atomic E-state index is -0.617. The van der Waals surface area contributed by atoms with E-state index in [1.807, 2.05) is 18.3 Å². The summed E-state index contributed by atoms with van der Waals surface area (Å²) in [5.41, 5.74) is 0.298. The van der Waals surface area contributed by atoms with Crippen LogP contribution in [0, 0.1) is 17.6 Å². The van der Waals surface area contributed by atoms with Gasteiger partial charge in [-0.1, -0.05) is 6.07 Å². The summed E-state index contributed by atoms with van der Waals surface area (Å²) >= 11 is 0. The predicted octanol–water partition coefficient (Wildman–Crippen LogP) is 4.38. The lowest BCUT2D eigenvalue weighted by Crippen LogP contribution is -2.35. The molecule has 0 spiro atoms. The van der Waals surface area contributed by atoms with Crippen molar-refractivity contribution in [2.75, 3.05) is 24.6 Å². The molecule has 0 saturated carbocycles. The number of aromatic nitrogens is 3. The zero-order valence-electron chi connectivity index (χ0n) is 18.5. The Morgan fingerprint density at radius 3 is 2.70 bits per heavy atom. The molecule has 5 rings (SSSR count). The van der Waals surface area contributed by atoms with Gasteiger partial charge in [-0.15, -0.1) is 0 Å². The quantitative estimate of drug-likeness (QED) is 0.506. The molecule has 2 aliphatic rings. The van der Waals surface area contributed by atoms with Crippen molar-refractivity contribution in [1.29, 1.82) is 0 Å². The molecule has 0 N–H and O–H groups in total. The fourth-order valence-electron chi connectivity index (χ4n) is 4.42. The fourth-order valence-corrected chi connectivity index (χ4v) is 4.42. The second-order valence-electron chi connectivity index (χ2n) is 8.77. The maximum absolute atomic E-state index is 13.8. The van der Waals surface area contributed by atoms with Crippen LogP contribution in [0.1, 0.15) is 30.7 Å². The number of halogens is 2. The number of imidazole rings is 1. The highest BCUT2D eigenvalue weighted by atomic mass is 19.1. The molecule has 1 aromatic carbocycles. The average molecular weight is 455 g/mol. The van der Waals surface area contributed by atoms with Crippen LogP contribution in [0.3, 0.4) is 0 Å². The largest absolute Gasteiger partial charge is 0.473 e. The van der Waals surface area contributed by atoms with Gasteiger partial charge in [0.2, 0.25) is 5.88 Å². The lowest BCUT2D eigenvalue weighted by atomic mass is 9.93. The number of anilines is 1. The summed E-state index contributed by atoms with van der Waals surface area (Å²) in [6, 6.07) is 9.10. The van der Waals surface area contributed by atoms with Crippen molar-refractivity contribution in [1.82, 2.24) is 14.5 Å². The van der Waals surface area contributed by atoms with Crippen molar-refractivity contribution in [3.8, 4) is 5.88 Å². The number of benzene rings is 1. The Hall–Kier alpha value is -3.00. The molecule has 3 aromatic rings. The molecule has 2 fully saturated rings. The Bertz CT molecular complexity index is 1080. The van der Waals surface area contributed by atoms with Crippen molar-refractivity contribution in [2.24, 2.45) is 5.92 Å². The Morgan fingerprint density at radius 2 is 1.94 bits per heavy atom. The lowest BCUT2D eigenvalue weighted by molar-refractivity contribution is -0.0596. The number of piperidine rings is 1. The Balaban J connectivity index is 1.14. The first-order valence-corrected chi connectivity index (χ1v) is 11.5. The van der Waals surface area contributed by atoms with Gasteiger partial charge < -0.3 is 18.9 Å². The van der Waals surface area contributed by atoms with Crippen LogP contribution in [0.5, 0.6) is 5.88 Å². The second kappa shape index (κ2) is 9.87. The first-order chi connectivity index (χ1) is 16.1. The fraction of sp³-hybridized carbons (Fsp3) is 0.440. The normalized spacial score (nSPS) is 18.8. The van der Waals surface area contributed by atoms with E-state index < -0.39 is 11.6 Å². The molecule has 2 aromatic heterocycles. The van der Waals surface area contributed by atoms with Gasteiger partial charge in [0.05, 0.1) is 12.6 Å². The van der Waals surface area contributed by atoms with E-state index in [-0.39, 0.29) is 6.61 Å². The third kappa shape index (κ3) is 5.33. The highest BCUT2D eigenvalue weighted by Gasteiger charge is 2.24. The van der Waals surface area contributed by atoms with E-state index in [1.54, 1.807) is 6.07 Å². The van der Waals surface area contributed by atoms with Gasteiger partial charge in [0.15, 0.2) is 0 Å². The molecule has 0 amide bonds. The summed E-state index contributed by atoms with van der Waals surface area (Å²) in [6.45, 7) is 3.60. The minimum Gasteiger partial charge on any atom is -0.473 e. The van der Waals surface area contributed by atoms with Crippen LogP contribution in [-0.2, 0) is 24.3 Å². The van der Waals surface area contributed by atoms with Crippen LogP contribution in [-0.4, -0.2) is 40.3 Å². The number of hydrogen-bond acceptors (Lipinski definition) is 5. The van der Waals surface area contributed by atoms with Gasteiger partial charge in [-0.2, -0.15) is 4.98 Å². The van der Waals surface area contributed by atoms with Gasteiger partial charge in [-0.3, -0.25) is 0 Å². The summed E-state index contributed by atoms with van der Waals surface area (Å²) in [6.07, 6.45) is 8.52.